The molecule has 0 spiro atoms. The lowest BCUT2D eigenvalue weighted by molar-refractivity contribution is -0.120. The number of benzene rings is 1. The van der Waals surface area contributed by atoms with Gasteiger partial charge < -0.3 is 10.1 Å². The standard InChI is InChI=1S/C17H19N5O2S2/c1-11-19-12(10-26-11)8-16(23)18-9-15-20-21-17(25-3)22(15)13-4-6-14(24-2)7-5-13/h4-7,10H,8-9H2,1-3H3,(H,18,23). The van der Waals surface area contributed by atoms with Gasteiger partial charge in [0.2, 0.25) is 5.91 Å². The Kier molecular flexibility index (Phi) is 5.89. The maximum atomic E-state index is 12.2. The zero-order valence-corrected chi connectivity index (χ0v) is 16.4. The third kappa shape index (κ3) is 4.23. The molecule has 3 aromatic rings. The Hall–Kier alpha value is -2.39. The Morgan fingerprint density at radius 3 is 2.69 bits per heavy atom. The minimum absolute atomic E-state index is 0.0923. The third-order valence-electron chi connectivity index (χ3n) is 3.67. The molecule has 0 fully saturated rings. The molecule has 136 valence electrons. The predicted octanol–water partition coefficient (Wildman–Crippen LogP) is 2.62. The number of thioether (sulfide) groups is 1. The molecule has 0 saturated heterocycles. The molecule has 7 nitrogen and oxygen atoms in total. The Morgan fingerprint density at radius 2 is 2.08 bits per heavy atom. The molecule has 0 radical (unpaired) electrons. The lowest BCUT2D eigenvalue weighted by atomic mass is 10.3. The maximum absolute atomic E-state index is 12.2. The molecule has 0 aliphatic carbocycles. The molecule has 0 saturated carbocycles. The summed E-state index contributed by atoms with van der Waals surface area (Å²) in [5.41, 5.74) is 1.70. The Labute approximate surface area is 159 Å². The highest BCUT2D eigenvalue weighted by Crippen LogP contribution is 2.22. The summed E-state index contributed by atoms with van der Waals surface area (Å²) in [6.07, 6.45) is 2.20. The van der Waals surface area contributed by atoms with Crippen molar-refractivity contribution >= 4 is 29.0 Å². The summed E-state index contributed by atoms with van der Waals surface area (Å²) in [5.74, 6) is 1.36. The van der Waals surface area contributed by atoms with Crippen LogP contribution in [0.2, 0.25) is 0 Å². The summed E-state index contributed by atoms with van der Waals surface area (Å²) < 4.78 is 7.13. The number of hydrogen-bond donors (Lipinski definition) is 1. The lowest BCUT2D eigenvalue weighted by Gasteiger charge is -2.10. The van der Waals surface area contributed by atoms with Crippen molar-refractivity contribution in [2.75, 3.05) is 13.4 Å². The van der Waals surface area contributed by atoms with E-state index >= 15 is 0 Å². The largest absolute Gasteiger partial charge is 0.497 e. The fourth-order valence-electron chi connectivity index (χ4n) is 2.43. The first-order valence-electron chi connectivity index (χ1n) is 7.91. The number of rotatable bonds is 7. The first kappa shape index (κ1) is 18.4. The van der Waals surface area contributed by atoms with Gasteiger partial charge in [-0.2, -0.15) is 0 Å². The Morgan fingerprint density at radius 1 is 1.31 bits per heavy atom. The second-order valence-corrected chi connectivity index (χ2v) is 7.28. The molecular weight excluding hydrogens is 370 g/mol. The van der Waals surface area contributed by atoms with Crippen LogP contribution in [0.25, 0.3) is 5.69 Å². The summed E-state index contributed by atoms with van der Waals surface area (Å²) in [5, 5.41) is 14.9. The van der Waals surface area contributed by atoms with Crippen molar-refractivity contribution in [2.24, 2.45) is 0 Å². The molecule has 0 aliphatic heterocycles. The van der Waals surface area contributed by atoms with E-state index in [-0.39, 0.29) is 12.3 Å². The number of carbonyl (C=O) groups is 1. The van der Waals surface area contributed by atoms with Crippen LogP contribution in [0.5, 0.6) is 5.75 Å². The van der Waals surface area contributed by atoms with Crippen LogP contribution in [0, 0.1) is 6.92 Å². The van der Waals surface area contributed by atoms with E-state index in [0.717, 1.165) is 27.3 Å². The van der Waals surface area contributed by atoms with Crippen LogP contribution in [0.1, 0.15) is 16.5 Å². The van der Waals surface area contributed by atoms with E-state index in [1.165, 1.54) is 23.1 Å². The van der Waals surface area contributed by atoms with E-state index in [0.29, 0.717) is 12.4 Å². The molecular formula is C17H19N5O2S2. The molecule has 26 heavy (non-hydrogen) atoms. The van der Waals surface area contributed by atoms with Crippen molar-refractivity contribution in [3.05, 3.63) is 46.2 Å². The van der Waals surface area contributed by atoms with Gasteiger partial charge in [-0.3, -0.25) is 9.36 Å². The van der Waals surface area contributed by atoms with Gasteiger partial charge in [0.05, 0.1) is 30.8 Å². The SMILES string of the molecule is COc1ccc(-n2c(CNC(=O)Cc3csc(C)n3)nnc2SC)cc1. The first-order chi connectivity index (χ1) is 12.6. The van der Waals surface area contributed by atoms with Gasteiger partial charge in [-0.1, -0.05) is 11.8 Å². The predicted molar refractivity (Wildman–Crippen MR) is 102 cm³/mol. The number of carbonyl (C=O) groups excluding carboxylic acids is 1. The molecule has 0 aliphatic rings. The summed E-state index contributed by atoms with van der Waals surface area (Å²) in [7, 11) is 1.63. The van der Waals surface area contributed by atoms with Gasteiger partial charge >= 0.3 is 0 Å². The van der Waals surface area contributed by atoms with Crippen molar-refractivity contribution in [1.82, 2.24) is 25.1 Å². The fraction of sp³-hybridized carbons (Fsp3) is 0.294. The molecule has 0 bridgehead atoms. The van der Waals surface area contributed by atoms with Crippen molar-refractivity contribution in [3.63, 3.8) is 0 Å². The van der Waals surface area contributed by atoms with Crippen molar-refractivity contribution in [2.45, 2.75) is 25.0 Å². The van der Waals surface area contributed by atoms with Crippen LogP contribution < -0.4 is 10.1 Å². The van der Waals surface area contributed by atoms with Crippen LogP contribution in [0.3, 0.4) is 0 Å². The zero-order valence-electron chi connectivity index (χ0n) is 14.7. The van der Waals surface area contributed by atoms with Crippen LogP contribution in [0.15, 0.2) is 34.8 Å². The number of amides is 1. The molecule has 3 rings (SSSR count). The Balaban J connectivity index is 1.73. The molecule has 1 amide bonds. The van der Waals surface area contributed by atoms with Gasteiger partial charge in [0.15, 0.2) is 11.0 Å². The van der Waals surface area contributed by atoms with Gasteiger partial charge in [0.1, 0.15) is 5.75 Å². The van der Waals surface area contributed by atoms with Crippen LogP contribution in [-0.2, 0) is 17.8 Å². The second kappa shape index (κ2) is 8.33. The molecule has 1 aromatic carbocycles. The van der Waals surface area contributed by atoms with Gasteiger partial charge in [-0.05, 0) is 37.4 Å². The highest BCUT2D eigenvalue weighted by atomic mass is 32.2. The molecule has 0 atom stereocenters. The highest BCUT2D eigenvalue weighted by molar-refractivity contribution is 7.98. The quantitative estimate of drug-likeness (QED) is 0.626. The third-order valence-corrected chi connectivity index (χ3v) is 5.12. The van der Waals surface area contributed by atoms with E-state index in [4.69, 9.17) is 4.74 Å². The number of methoxy groups -OCH3 is 1. The number of thiazole rings is 1. The van der Waals surface area contributed by atoms with Crippen molar-refractivity contribution in [3.8, 4) is 11.4 Å². The van der Waals surface area contributed by atoms with E-state index in [2.05, 4.69) is 20.5 Å². The average Bonchev–Trinajstić information content (AvgIpc) is 3.25. The monoisotopic (exact) mass is 389 g/mol. The fourth-order valence-corrected chi connectivity index (χ4v) is 3.56. The summed E-state index contributed by atoms with van der Waals surface area (Å²) in [6, 6.07) is 7.63. The molecule has 9 heteroatoms. The summed E-state index contributed by atoms with van der Waals surface area (Å²) >= 11 is 3.04. The van der Waals surface area contributed by atoms with Crippen molar-refractivity contribution in [1.29, 1.82) is 0 Å². The number of nitrogens with zero attached hydrogens (tertiary/aromatic N) is 4. The minimum atomic E-state index is -0.0923. The van der Waals surface area contributed by atoms with Gasteiger partial charge in [-0.15, -0.1) is 21.5 Å². The van der Waals surface area contributed by atoms with Crippen LogP contribution >= 0.6 is 23.1 Å². The Bertz CT molecular complexity index is 889. The number of nitrogens with one attached hydrogen (secondary N) is 1. The van der Waals surface area contributed by atoms with E-state index in [1.807, 2.05) is 47.4 Å². The smallest absolute Gasteiger partial charge is 0.226 e. The minimum Gasteiger partial charge on any atom is -0.497 e. The summed E-state index contributed by atoms with van der Waals surface area (Å²) in [6.45, 7) is 2.22. The van der Waals surface area contributed by atoms with Gasteiger partial charge in [0, 0.05) is 11.1 Å². The topological polar surface area (TPSA) is 81.9 Å². The summed E-state index contributed by atoms with van der Waals surface area (Å²) in [4.78, 5) is 16.5. The number of ether oxygens (including phenoxy) is 1. The van der Waals surface area contributed by atoms with E-state index in [9.17, 15) is 4.79 Å². The number of aromatic nitrogens is 4. The van der Waals surface area contributed by atoms with E-state index in [1.54, 1.807) is 7.11 Å². The molecule has 2 heterocycles. The first-order valence-corrected chi connectivity index (χ1v) is 10.0. The lowest BCUT2D eigenvalue weighted by Crippen LogP contribution is -2.26. The molecule has 0 unspecified atom stereocenters. The molecule has 2 aromatic heterocycles. The van der Waals surface area contributed by atoms with Crippen molar-refractivity contribution < 1.29 is 9.53 Å². The average molecular weight is 390 g/mol. The number of hydrogen-bond acceptors (Lipinski definition) is 7. The maximum Gasteiger partial charge on any atom is 0.226 e. The van der Waals surface area contributed by atoms with E-state index < -0.39 is 0 Å². The molecule has 1 N–H and O–H groups in total. The normalized spacial score (nSPS) is 10.7. The van der Waals surface area contributed by atoms with Gasteiger partial charge in [0.25, 0.3) is 0 Å². The number of aryl methyl sites for hydroxylation is 1. The highest BCUT2D eigenvalue weighted by Gasteiger charge is 2.15. The second-order valence-electron chi connectivity index (χ2n) is 5.45. The van der Waals surface area contributed by atoms with Gasteiger partial charge in [-0.25, -0.2) is 4.98 Å². The van der Waals surface area contributed by atoms with Crippen LogP contribution in [-0.4, -0.2) is 39.0 Å². The van der Waals surface area contributed by atoms with Crippen LogP contribution in [0.4, 0.5) is 0 Å². The zero-order chi connectivity index (χ0) is 18.5.